The summed E-state index contributed by atoms with van der Waals surface area (Å²) < 4.78 is 12.5. The van der Waals surface area contributed by atoms with Crippen molar-refractivity contribution in [2.45, 2.75) is 19.8 Å². The van der Waals surface area contributed by atoms with Gasteiger partial charge in [-0.3, -0.25) is 0 Å². The zero-order chi connectivity index (χ0) is 16.6. The standard InChI is InChI=1S/C19H20BrClO2/c1-19(2)15(18(19)12-4-6-13(20)7-5-12)11-23-17-10-14(21)8-9-16(17)22-3/h4-10,15,18H,11H2,1-3H3/t15-,18-/m0/s1. The third-order valence-electron chi connectivity index (χ3n) is 4.82. The molecule has 0 unspecified atom stereocenters. The van der Waals surface area contributed by atoms with Gasteiger partial charge in [-0.1, -0.05) is 53.5 Å². The van der Waals surface area contributed by atoms with Crippen molar-refractivity contribution >= 4 is 27.5 Å². The molecule has 1 aliphatic rings. The first kappa shape index (κ1) is 16.7. The summed E-state index contributed by atoms with van der Waals surface area (Å²) in [5, 5.41) is 0.653. The highest BCUT2D eigenvalue weighted by atomic mass is 79.9. The fraction of sp³-hybridized carbons (Fsp3) is 0.368. The lowest BCUT2D eigenvalue weighted by Crippen LogP contribution is -2.05. The Balaban J connectivity index is 1.71. The Morgan fingerprint density at radius 1 is 1.09 bits per heavy atom. The van der Waals surface area contributed by atoms with Gasteiger partial charge in [0, 0.05) is 21.5 Å². The Bertz CT molecular complexity index is 697. The highest BCUT2D eigenvalue weighted by molar-refractivity contribution is 9.10. The van der Waals surface area contributed by atoms with Gasteiger partial charge in [-0.2, -0.15) is 0 Å². The molecule has 4 heteroatoms. The van der Waals surface area contributed by atoms with Crippen LogP contribution < -0.4 is 9.47 Å². The van der Waals surface area contributed by atoms with Gasteiger partial charge in [-0.05, 0) is 41.2 Å². The lowest BCUT2D eigenvalue weighted by Gasteiger charge is -2.11. The SMILES string of the molecule is COc1ccc(Cl)cc1OC[C@H]1[C@H](c2ccc(Br)cc2)C1(C)C. The predicted octanol–water partition coefficient (Wildman–Crippen LogP) is 5.93. The van der Waals surface area contributed by atoms with Gasteiger partial charge in [0.05, 0.1) is 13.7 Å². The van der Waals surface area contributed by atoms with Crippen LogP contribution in [0.1, 0.15) is 25.3 Å². The molecule has 0 N–H and O–H groups in total. The molecule has 2 aromatic rings. The van der Waals surface area contributed by atoms with E-state index in [0.717, 1.165) is 4.47 Å². The molecule has 23 heavy (non-hydrogen) atoms. The average Bonchev–Trinajstić information content (AvgIpc) is 3.07. The van der Waals surface area contributed by atoms with Crippen LogP contribution in [0.4, 0.5) is 0 Å². The highest BCUT2D eigenvalue weighted by Gasteiger charge is 2.58. The maximum absolute atomic E-state index is 6.06. The summed E-state index contributed by atoms with van der Waals surface area (Å²) in [6.07, 6.45) is 0. The van der Waals surface area contributed by atoms with Crippen LogP contribution in [0, 0.1) is 11.3 Å². The Morgan fingerprint density at radius 2 is 1.78 bits per heavy atom. The largest absolute Gasteiger partial charge is 0.493 e. The van der Waals surface area contributed by atoms with Crippen LogP contribution in [0.3, 0.4) is 0 Å². The second kappa shape index (κ2) is 6.37. The Labute approximate surface area is 150 Å². The molecular weight excluding hydrogens is 376 g/mol. The smallest absolute Gasteiger partial charge is 0.162 e. The number of methoxy groups -OCH3 is 1. The molecule has 122 valence electrons. The first-order chi connectivity index (χ1) is 10.9. The topological polar surface area (TPSA) is 18.5 Å². The van der Waals surface area contributed by atoms with Gasteiger partial charge in [0.25, 0.3) is 0 Å². The van der Waals surface area contributed by atoms with E-state index in [-0.39, 0.29) is 5.41 Å². The quantitative estimate of drug-likeness (QED) is 0.624. The summed E-state index contributed by atoms with van der Waals surface area (Å²) >= 11 is 9.55. The summed E-state index contributed by atoms with van der Waals surface area (Å²) in [7, 11) is 1.64. The number of hydrogen-bond acceptors (Lipinski definition) is 2. The molecule has 0 spiro atoms. The van der Waals surface area contributed by atoms with Gasteiger partial charge in [-0.25, -0.2) is 0 Å². The van der Waals surface area contributed by atoms with Crippen molar-refractivity contribution in [3.05, 3.63) is 57.5 Å². The zero-order valence-electron chi connectivity index (χ0n) is 13.5. The molecule has 0 heterocycles. The molecule has 1 fully saturated rings. The number of rotatable bonds is 5. The van der Waals surface area contributed by atoms with Gasteiger partial charge in [0.1, 0.15) is 0 Å². The average molecular weight is 396 g/mol. The molecule has 0 amide bonds. The molecule has 1 aliphatic carbocycles. The van der Waals surface area contributed by atoms with Crippen LogP contribution in [0.2, 0.25) is 5.02 Å². The summed E-state index contributed by atoms with van der Waals surface area (Å²) in [4.78, 5) is 0. The van der Waals surface area contributed by atoms with Crippen molar-refractivity contribution in [1.29, 1.82) is 0 Å². The van der Waals surface area contributed by atoms with Crippen LogP contribution in [0.25, 0.3) is 0 Å². The lowest BCUT2D eigenvalue weighted by atomic mass is 10.0. The fourth-order valence-electron chi connectivity index (χ4n) is 3.33. The molecule has 0 radical (unpaired) electrons. The molecule has 0 aromatic heterocycles. The third kappa shape index (κ3) is 3.36. The normalized spacial score (nSPS) is 21.8. The van der Waals surface area contributed by atoms with Crippen molar-refractivity contribution in [3.63, 3.8) is 0 Å². The van der Waals surface area contributed by atoms with E-state index in [0.29, 0.717) is 35.0 Å². The Hall–Kier alpha value is -1.19. The number of ether oxygens (including phenoxy) is 2. The van der Waals surface area contributed by atoms with Crippen molar-refractivity contribution in [3.8, 4) is 11.5 Å². The molecule has 2 atom stereocenters. The van der Waals surface area contributed by atoms with E-state index < -0.39 is 0 Å². The predicted molar refractivity (Wildman–Crippen MR) is 97.7 cm³/mol. The van der Waals surface area contributed by atoms with Gasteiger partial charge >= 0.3 is 0 Å². The van der Waals surface area contributed by atoms with Crippen molar-refractivity contribution < 1.29 is 9.47 Å². The van der Waals surface area contributed by atoms with Crippen LogP contribution in [0.15, 0.2) is 46.9 Å². The minimum atomic E-state index is 0.236. The molecule has 2 aromatic carbocycles. The third-order valence-corrected chi connectivity index (χ3v) is 5.59. The van der Waals surface area contributed by atoms with E-state index >= 15 is 0 Å². The lowest BCUT2D eigenvalue weighted by molar-refractivity contribution is 0.264. The summed E-state index contributed by atoms with van der Waals surface area (Å²) in [6.45, 7) is 5.25. The number of hydrogen-bond donors (Lipinski definition) is 0. The number of benzene rings is 2. The molecule has 0 bridgehead atoms. The van der Waals surface area contributed by atoms with Crippen molar-refractivity contribution in [2.75, 3.05) is 13.7 Å². The minimum absolute atomic E-state index is 0.236. The van der Waals surface area contributed by atoms with E-state index in [1.54, 1.807) is 13.2 Å². The molecule has 3 rings (SSSR count). The summed E-state index contributed by atoms with van der Waals surface area (Å²) in [5.74, 6) is 2.42. The zero-order valence-corrected chi connectivity index (χ0v) is 15.8. The molecule has 0 aliphatic heterocycles. The van der Waals surface area contributed by atoms with Gasteiger partial charge < -0.3 is 9.47 Å². The summed E-state index contributed by atoms with van der Waals surface area (Å²) in [6, 6.07) is 14.0. The van der Waals surface area contributed by atoms with Crippen molar-refractivity contribution in [1.82, 2.24) is 0 Å². The first-order valence-corrected chi connectivity index (χ1v) is 8.82. The first-order valence-electron chi connectivity index (χ1n) is 7.65. The Kier molecular flexibility index (Phi) is 4.61. The Morgan fingerprint density at radius 3 is 2.43 bits per heavy atom. The van der Waals surface area contributed by atoms with Gasteiger partial charge in [0.15, 0.2) is 11.5 Å². The van der Waals surface area contributed by atoms with Crippen LogP contribution in [-0.4, -0.2) is 13.7 Å². The molecule has 1 saturated carbocycles. The van der Waals surface area contributed by atoms with E-state index in [1.165, 1.54) is 5.56 Å². The second-order valence-electron chi connectivity index (χ2n) is 6.56. The second-order valence-corrected chi connectivity index (χ2v) is 7.92. The minimum Gasteiger partial charge on any atom is -0.493 e. The van der Waals surface area contributed by atoms with E-state index in [1.807, 2.05) is 12.1 Å². The fourth-order valence-corrected chi connectivity index (χ4v) is 3.76. The highest BCUT2D eigenvalue weighted by Crippen LogP contribution is 2.64. The van der Waals surface area contributed by atoms with Gasteiger partial charge in [0.2, 0.25) is 0 Å². The number of halogens is 2. The monoisotopic (exact) mass is 394 g/mol. The maximum atomic E-state index is 6.06. The van der Waals surface area contributed by atoms with Crippen LogP contribution >= 0.6 is 27.5 Å². The van der Waals surface area contributed by atoms with Crippen molar-refractivity contribution in [2.24, 2.45) is 11.3 Å². The van der Waals surface area contributed by atoms with Crippen LogP contribution in [-0.2, 0) is 0 Å². The maximum Gasteiger partial charge on any atom is 0.162 e. The molecule has 2 nitrogen and oxygen atoms in total. The van der Waals surface area contributed by atoms with Gasteiger partial charge in [-0.15, -0.1) is 0 Å². The molecular formula is C19H20BrClO2. The van der Waals surface area contributed by atoms with E-state index in [4.69, 9.17) is 21.1 Å². The van der Waals surface area contributed by atoms with E-state index in [9.17, 15) is 0 Å². The summed E-state index contributed by atoms with van der Waals surface area (Å²) in [5.41, 5.74) is 1.60. The van der Waals surface area contributed by atoms with E-state index in [2.05, 4.69) is 54.0 Å². The van der Waals surface area contributed by atoms with Crippen LogP contribution in [0.5, 0.6) is 11.5 Å². The molecule has 0 saturated heterocycles.